The van der Waals surface area contributed by atoms with Crippen LogP contribution < -0.4 is 10.2 Å². The Kier molecular flexibility index (Phi) is 3.50. The minimum atomic E-state index is 0.591. The topological polar surface area (TPSA) is 43.4 Å². The van der Waals surface area contributed by atoms with Gasteiger partial charge in [0.05, 0.1) is 20.8 Å². The van der Waals surface area contributed by atoms with Crippen LogP contribution in [0.2, 0.25) is 0 Å². The molecule has 1 rings (SSSR count). The van der Waals surface area contributed by atoms with Gasteiger partial charge in [0, 0.05) is 11.8 Å². The lowest BCUT2D eigenvalue weighted by Gasteiger charge is -2.05. The molecule has 12 heavy (non-hydrogen) atoms. The highest BCUT2D eigenvalue weighted by Crippen LogP contribution is 2.12. The molecule has 0 aliphatic heterocycles. The largest absolute Gasteiger partial charge is 0.481 e. The minimum absolute atomic E-state index is 0.591. The monoisotopic (exact) mass is 168 g/mol. The summed E-state index contributed by atoms with van der Waals surface area (Å²) in [5.74, 6) is 0.627. The van der Waals surface area contributed by atoms with E-state index in [1.54, 1.807) is 20.4 Å². The van der Waals surface area contributed by atoms with Crippen LogP contribution >= 0.6 is 0 Å². The fourth-order valence-corrected chi connectivity index (χ4v) is 0.892. The third-order valence-electron chi connectivity index (χ3n) is 1.45. The molecule has 1 heterocycles. The van der Waals surface area contributed by atoms with E-state index in [9.17, 15) is 0 Å². The Bertz CT molecular complexity index is 240. The summed E-state index contributed by atoms with van der Waals surface area (Å²) in [6.45, 7) is 0.591. The van der Waals surface area contributed by atoms with Gasteiger partial charge in [0.1, 0.15) is 0 Å². The van der Waals surface area contributed by atoms with Crippen LogP contribution in [0.25, 0.3) is 0 Å². The Morgan fingerprint density at radius 2 is 2.33 bits per heavy atom. The number of pyridine rings is 1. The lowest BCUT2D eigenvalue weighted by Crippen LogP contribution is -2.11. The zero-order valence-corrected chi connectivity index (χ0v) is 7.20. The molecule has 1 aromatic heterocycles. The van der Waals surface area contributed by atoms with Crippen LogP contribution in [0, 0.1) is 0 Å². The summed E-state index contributed by atoms with van der Waals surface area (Å²) in [5.41, 5.74) is 3.69. The second-order valence-electron chi connectivity index (χ2n) is 2.20. The Morgan fingerprint density at radius 1 is 1.50 bits per heavy atom. The SMILES string of the molecule is CONCc1cccnc1OC. The number of hydrogen-bond acceptors (Lipinski definition) is 4. The van der Waals surface area contributed by atoms with Gasteiger partial charge < -0.3 is 9.57 Å². The zero-order valence-electron chi connectivity index (χ0n) is 7.20. The van der Waals surface area contributed by atoms with Crippen LogP contribution in [0.4, 0.5) is 0 Å². The average Bonchev–Trinajstić information content (AvgIpc) is 2.15. The number of hydroxylamine groups is 1. The highest BCUT2D eigenvalue weighted by atomic mass is 16.6. The molecular weight excluding hydrogens is 156 g/mol. The molecule has 0 atom stereocenters. The number of nitrogens with one attached hydrogen (secondary N) is 1. The summed E-state index contributed by atoms with van der Waals surface area (Å²) < 4.78 is 5.04. The van der Waals surface area contributed by atoms with Crippen molar-refractivity contribution in [2.24, 2.45) is 0 Å². The van der Waals surface area contributed by atoms with Crippen LogP contribution in [0.1, 0.15) is 5.56 Å². The molecule has 0 saturated carbocycles. The van der Waals surface area contributed by atoms with E-state index in [4.69, 9.17) is 9.57 Å². The van der Waals surface area contributed by atoms with E-state index < -0.39 is 0 Å². The fraction of sp³-hybridized carbons (Fsp3) is 0.375. The van der Waals surface area contributed by atoms with Crippen molar-refractivity contribution in [3.63, 3.8) is 0 Å². The first-order valence-electron chi connectivity index (χ1n) is 3.62. The van der Waals surface area contributed by atoms with Crippen LogP contribution in [0.3, 0.4) is 0 Å². The Hall–Kier alpha value is -1.13. The van der Waals surface area contributed by atoms with Gasteiger partial charge in [0.25, 0.3) is 0 Å². The van der Waals surface area contributed by atoms with E-state index in [-0.39, 0.29) is 0 Å². The molecule has 0 aromatic carbocycles. The third-order valence-corrected chi connectivity index (χ3v) is 1.45. The lowest BCUT2D eigenvalue weighted by molar-refractivity contribution is 0.0860. The predicted octanol–water partition coefficient (Wildman–Crippen LogP) is 0.741. The summed E-state index contributed by atoms with van der Waals surface area (Å²) in [6.07, 6.45) is 1.69. The molecule has 0 aliphatic carbocycles. The van der Waals surface area contributed by atoms with E-state index in [2.05, 4.69) is 10.5 Å². The normalized spacial score (nSPS) is 9.83. The minimum Gasteiger partial charge on any atom is -0.481 e. The first-order valence-corrected chi connectivity index (χ1v) is 3.62. The summed E-state index contributed by atoms with van der Waals surface area (Å²) in [7, 11) is 3.17. The second-order valence-corrected chi connectivity index (χ2v) is 2.20. The van der Waals surface area contributed by atoms with Gasteiger partial charge in [-0.15, -0.1) is 0 Å². The molecule has 0 bridgehead atoms. The molecule has 4 nitrogen and oxygen atoms in total. The van der Waals surface area contributed by atoms with Gasteiger partial charge in [-0.1, -0.05) is 6.07 Å². The molecule has 0 fully saturated rings. The molecule has 1 aromatic rings. The number of nitrogens with zero attached hydrogens (tertiary/aromatic N) is 1. The summed E-state index contributed by atoms with van der Waals surface area (Å²) in [5, 5.41) is 0. The van der Waals surface area contributed by atoms with Crippen molar-refractivity contribution >= 4 is 0 Å². The number of hydrogen-bond donors (Lipinski definition) is 1. The number of ether oxygens (including phenoxy) is 1. The smallest absolute Gasteiger partial charge is 0.217 e. The van der Waals surface area contributed by atoms with Crippen molar-refractivity contribution in [3.8, 4) is 5.88 Å². The molecule has 0 unspecified atom stereocenters. The van der Waals surface area contributed by atoms with Crippen molar-refractivity contribution in [2.45, 2.75) is 6.54 Å². The fourth-order valence-electron chi connectivity index (χ4n) is 0.892. The third kappa shape index (κ3) is 2.18. The van der Waals surface area contributed by atoms with Crippen molar-refractivity contribution in [1.29, 1.82) is 0 Å². The molecule has 4 heteroatoms. The predicted molar refractivity (Wildman–Crippen MR) is 44.6 cm³/mol. The van der Waals surface area contributed by atoms with E-state index in [0.29, 0.717) is 12.4 Å². The summed E-state index contributed by atoms with van der Waals surface area (Å²) >= 11 is 0. The maximum absolute atomic E-state index is 5.04. The number of rotatable bonds is 4. The van der Waals surface area contributed by atoms with Crippen LogP contribution in [-0.2, 0) is 11.4 Å². The van der Waals surface area contributed by atoms with Crippen molar-refractivity contribution in [1.82, 2.24) is 10.5 Å². The summed E-state index contributed by atoms with van der Waals surface area (Å²) in [4.78, 5) is 8.74. The van der Waals surface area contributed by atoms with E-state index in [1.165, 1.54) is 0 Å². The first-order chi connectivity index (χ1) is 5.88. The molecular formula is C8H12N2O2. The highest BCUT2D eigenvalue weighted by Gasteiger charge is 2.00. The van der Waals surface area contributed by atoms with Crippen LogP contribution in [0.5, 0.6) is 5.88 Å². The molecule has 1 N–H and O–H groups in total. The van der Waals surface area contributed by atoms with Crippen molar-refractivity contribution in [2.75, 3.05) is 14.2 Å². The molecule has 0 saturated heterocycles. The zero-order chi connectivity index (χ0) is 8.81. The average molecular weight is 168 g/mol. The maximum Gasteiger partial charge on any atom is 0.217 e. The Balaban J connectivity index is 2.68. The van der Waals surface area contributed by atoms with Gasteiger partial charge in [-0.25, -0.2) is 4.98 Å². The van der Waals surface area contributed by atoms with E-state index in [1.807, 2.05) is 12.1 Å². The van der Waals surface area contributed by atoms with Gasteiger partial charge in [-0.2, -0.15) is 5.48 Å². The van der Waals surface area contributed by atoms with Crippen LogP contribution in [0.15, 0.2) is 18.3 Å². The number of methoxy groups -OCH3 is 1. The maximum atomic E-state index is 5.04. The van der Waals surface area contributed by atoms with E-state index >= 15 is 0 Å². The quantitative estimate of drug-likeness (QED) is 0.673. The molecule has 0 radical (unpaired) electrons. The van der Waals surface area contributed by atoms with Crippen molar-refractivity contribution in [3.05, 3.63) is 23.9 Å². The van der Waals surface area contributed by atoms with Gasteiger partial charge in [0.2, 0.25) is 5.88 Å². The van der Waals surface area contributed by atoms with Gasteiger partial charge in [-0.3, -0.25) is 0 Å². The molecule has 0 spiro atoms. The van der Waals surface area contributed by atoms with E-state index in [0.717, 1.165) is 5.56 Å². The highest BCUT2D eigenvalue weighted by molar-refractivity contribution is 5.24. The Morgan fingerprint density at radius 3 is 3.00 bits per heavy atom. The molecule has 0 amide bonds. The van der Waals surface area contributed by atoms with Gasteiger partial charge >= 0.3 is 0 Å². The standard InChI is InChI=1S/C8H12N2O2/c1-11-8-7(6-10-12-2)4-3-5-9-8/h3-5,10H,6H2,1-2H3. The first kappa shape index (κ1) is 8.96. The molecule has 66 valence electrons. The van der Waals surface area contributed by atoms with Crippen LogP contribution in [-0.4, -0.2) is 19.2 Å². The van der Waals surface area contributed by atoms with Gasteiger partial charge in [0.15, 0.2) is 0 Å². The number of aromatic nitrogens is 1. The summed E-state index contributed by atoms with van der Waals surface area (Å²) in [6, 6.07) is 3.78. The second kappa shape index (κ2) is 4.69. The van der Waals surface area contributed by atoms with Gasteiger partial charge in [-0.05, 0) is 6.07 Å². The van der Waals surface area contributed by atoms with Crippen molar-refractivity contribution < 1.29 is 9.57 Å². The Labute approximate surface area is 71.5 Å². The lowest BCUT2D eigenvalue weighted by atomic mass is 10.3. The molecule has 0 aliphatic rings.